The molecular weight excluding hydrogens is 355 g/mol. The number of aliphatic hydroxyl groups excluding tert-OH is 1. The zero-order chi connectivity index (χ0) is 15.5. The first-order chi connectivity index (χ1) is 9.20. The lowest BCUT2D eigenvalue weighted by Crippen LogP contribution is -2.36. The molecule has 1 atom stereocenters. The van der Waals surface area contributed by atoms with Crippen molar-refractivity contribution in [1.29, 1.82) is 0 Å². The highest BCUT2D eigenvalue weighted by atomic mass is 79.9. The van der Waals surface area contributed by atoms with E-state index in [9.17, 15) is 17.9 Å². The SMILES string of the molecule is COCC(O)CN(C)S(=O)(=O)c1cc(N)cc(Br)c1F. The summed E-state index contributed by atoms with van der Waals surface area (Å²) in [6.07, 6.45) is -1.01. The second kappa shape index (κ2) is 6.81. The zero-order valence-corrected chi connectivity index (χ0v) is 13.4. The standard InChI is InChI=1S/C11H16BrFN2O4S/c1-15(5-8(16)6-19-2)20(17,18)10-4-7(14)3-9(12)11(10)13/h3-4,8,16H,5-6,14H2,1-2H3. The number of rotatable bonds is 6. The van der Waals surface area contributed by atoms with Crippen LogP contribution in [0.15, 0.2) is 21.5 Å². The van der Waals surface area contributed by atoms with Crippen LogP contribution < -0.4 is 5.73 Å². The van der Waals surface area contributed by atoms with E-state index in [1.54, 1.807) is 0 Å². The van der Waals surface area contributed by atoms with E-state index in [1.165, 1.54) is 20.2 Å². The average Bonchev–Trinajstić information content (AvgIpc) is 2.33. The Morgan fingerprint density at radius 2 is 2.15 bits per heavy atom. The van der Waals surface area contributed by atoms with Crippen LogP contribution in [0, 0.1) is 5.82 Å². The van der Waals surface area contributed by atoms with Gasteiger partial charge in [-0.3, -0.25) is 0 Å². The fourth-order valence-electron chi connectivity index (χ4n) is 1.58. The number of halogens is 2. The van der Waals surface area contributed by atoms with Crippen molar-refractivity contribution in [2.45, 2.75) is 11.0 Å². The summed E-state index contributed by atoms with van der Waals surface area (Å²) in [4.78, 5) is -0.545. The number of likely N-dealkylation sites (N-methyl/N-ethyl adjacent to an activating group) is 1. The third-order valence-electron chi connectivity index (χ3n) is 2.53. The van der Waals surface area contributed by atoms with E-state index in [0.717, 1.165) is 10.4 Å². The first-order valence-corrected chi connectivity index (χ1v) is 7.81. The summed E-state index contributed by atoms with van der Waals surface area (Å²) in [5, 5.41) is 9.55. The van der Waals surface area contributed by atoms with E-state index in [-0.39, 0.29) is 23.3 Å². The quantitative estimate of drug-likeness (QED) is 0.722. The molecule has 114 valence electrons. The molecule has 0 spiro atoms. The summed E-state index contributed by atoms with van der Waals surface area (Å²) in [7, 11) is -1.47. The van der Waals surface area contributed by atoms with Crippen LogP contribution in [0.5, 0.6) is 0 Å². The number of aliphatic hydroxyl groups is 1. The van der Waals surface area contributed by atoms with Gasteiger partial charge in [0.05, 0.1) is 17.2 Å². The van der Waals surface area contributed by atoms with Gasteiger partial charge in [0.1, 0.15) is 4.90 Å². The van der Waals surface area contributed by atoms with Crippen LogP contribution in [-0.2, 0) is 14.8 Å². The molecule has 1 aromatic carbocycles. The van der Waals surface area contributed by atoms with E-state index in [4.69, 9.17) is 10.5 Å². The fourth-order valence-corrected chi connectivity index (χ4v) is 3.51. The number of ether oxygens (including phenoxy) is 1. The number of nitrogens with two attached hydrogens (primary N) is 1. The van der Waals surface area contributed by atoms with E-state index in [2.05, 4.69) is 15.9 Å². The van der Waals surface area contributed by atoms with E-state index >= 15 is 0 Å². The van der Waals surface area contributed by atoms with Crippen molar-refractivity contribution in [3.05, 3.63) is 22.4 Å². The maximum atomic E-state index is 13.9. The number of nitrogens with zero attached hydrogens (tertiary/aromatic N) is 1. The summed E-state index contributed by atoms with van der Waals surface area (Å²) in [5.41, 5.74) is 5.64. The lowest BCUT2D eigenvalue weighted by molar-refractivity contribution is 0.0554. The van der Waals surface area contributed by atoms with Crippen LogP contribution in [0.4, 0.5) is 10.1 Å². The number of hydrogen-bond donors (Lipinski definition) is 2. The number of methoxy groups -OCH3 is 1. The predicted octanol–water partition coefficient (Wildman–Crippen LogP) is 0.798. The maximum absolute atomic E-state index is 13.9. The third kappa shape index (κ3) is 3.89. The van der Waals surface area contributed by atoms with Crippen LogP contribution in [0.25, 0.3) is 0 Å². The molecule has 9 heteroatoms. The van der Waals surface area contributed by atoms with Gasteiger partial charge in [-0.1, -0.05) is 0 Å². The Balaban J connectivity index is 3.11. The normalized spacial score (nSPS) is 13.7. The van der Waals surface area contributed by atoms with Crippen molar-refractivity contribution in [2.75, 3.05) is 33.0 Å². The van der Waals surface area contributed by atoms with Crippen molar-refractivity contribution in [1.82, 2.24) is 4.31 Å². The molecule has 0 heterocycles. The topological polar surface area (TPSA) is 92.9 Å². The number of benzene rings is 1. The largest absolute Gasteiger partial charge is 0.399 e. The van der Waals surface area contributed by atoms with Crippen molar-refractivity contribution >= 4 is 31.6 Å². The van der Waals surface area contributed by atoms with Gasteiger partial charge in [0.2, 0.25) is 10.0 Å². The smallest absolute Gasteiger partial charge is 0.245 e. The number of hydrogen-bond acceptors (Lipinski definition) is 5. The van der Waals surface area contributed by atoms with Gasteiger partial charge in [0.25, 0.3) is 0 Å². The minimum absolute atomic E-state index is 0.0248. The highest BCUT2D eigenvalue weighted by molar-refractivity contribution is 9.10. The highest BCUT2D eigenvalue weighted by Crippen LogP contribution is 2.27. The number of nitrogen functional groups attached to an aromatic ring is 1. The molecule has 0 aliphatic heterocycles. The molecule has 0 aliphatic carbocycles. The monoisotopic (exact) mass is 370 g/mol. The molecule has 0 saturated heterocycles. The molecule has 1 unspecified atom stereocenters. The van der Waals surface area contributed by atoms with Crippen molar-refractivity contribution in [2.24, 2.45) is 0 Å². The predicted molar refractivity (Wildman–Crippen MR) is 76.2 cm³/mol. The van der Waals surface area contributed by atoms with Crippen LogP contribution in [0.1, 0.15) is 0 Å². The Kier molecular flexibility index (Phi) is 5.90. The second-order valence-electron chi connectivity index (χ2n) is 4.21. The summed E-state index contributed by atoms with van der Waals surface area (Å²) in [6.45, 7) is -0.245. The molecule has 0 saturated carbocycles. The minimum atomic E-state index is -4.10. The van der Waals surface area contributed by atoms with Crippen LogP contribution >= 0.6 is 15.9 Å². The fraction of sp³-hybridized carbons (Fsp3) is 0.455. The van der Waals surface area contributed by atoms with E-state index in [0.29, 0.717) is 0 Å². The Hall–Kier alpha value is -0.740. The van der Waals surface area contributed by atoms with Gasteiger partial charge in [-0.2, -0.15) is 4.31 Å². The van der Waals surface area contributed by atoms with Gasteiger partial charge in [-0.15, -0.1) is 0 Å². The van der Waals surface area contributed by atoms with E-state index < -0.39 is 26.8 Å². The second-order valence-corrected chi connectivity index (χ2v) is 7.08. The van der Waals surface area contributed by atoms with Gasteiger partial charge >= 0.3 is 0 Å². The maximum Gasteiger partial charge on any atom is 0.245 e. The third-order valence-corrected chi connectivity index (χ3v) is 4.93. The Morgan fingerprint density at radius 3 is 2.70 bits per heavy atom. The minimum Gasteiger partial charge on any atom is -0.399 e. The van der Waals surface area contributed by atoms with Crippen molar-refractivity contribution in [3.63, 3.8) is 0 Å². The average molecular weight is 371 g/mol. The molecule has 0 aromatic heterocycles. The molecule has 6 nitrogen and oxygen atoms in total. The molecule has 0 aliphatic rings. The first kappa shape index (κ1) is 17.3. The highest BCUT2D eigenvalue weighted by Gasteiger charge is 2.27. The number of anilines is 1. The summed E-state index contributed by atoms with van der Waals surface area (Å²) >= 11 is 2.91. The van der Waals surface area contributed by atoms with Gasteiger partial charge < -0.3 is 15.6 Å². The first-order valence-electron chi connectivity index (χ1n) is 5.58. The molecular formula is C11H16BrFN2O4S. The molecule has 1 rings (SSSR count). The Labute approximate surface area is 125 Å². The van der Waals surface area contributed by atoms with E-state index in [1.807, 2.05) is 0 Å². The molecule has 0 fully saturated rings. The Morgan fingerprint density at radius 1 is 1.55 bits per heavy atom. The van der Waals surface area contributed by atoms with Crippen LogP contribution in [-0.4, -0.2) is 51.2 Å². The summed E-state index contributed by atoms with van der Waals surface area (Å²) in [6, 6.07) is 2.31. The van der Waals surface area contributed by atoms with Crippen molar-refractivity contribution in [3.8, 4) is 0 Å². The van der Waals surface area contributed by atoms with Crippen molar-refractivity contribution < 1.29 is 22.7 Å². The lowest BCUT2D eigenvalue weighted by Gasteiger charge is -2.21. The summed E-state index contributed by atoms with van der Waals surface area (Å²) < 4.78 is 44.0. The van der Waals surface area contributed by atoms with Gasteiger partial charge in [-0.05, 0) is 28.1 Å². The zero-order valence-electron chi connectivity index (χ0n) is 11.0. The Bertz CT molecular complexity index is 582. The molecule has 20 heavy (non-hydrogen) atoms. The van der Waals surface area contributed by atoms with Crippen LogP contribution in [0.2, 0.25) is 0 Å². The molecule has 3 N–H and O–H groups in total. The van der Waals surface area contributed by atoms with Crippen LogP contribution in [0.3, 0.4) is 0 Å². The van der Waals surface area contributed by atoms with Gasteiger partial charge in [-0.25, -0.2) is 12.8 Å². The molecule has 0 bridgehead atoms. The lowest BCUT2D eigenvalue weighted by atomic mass is 10.3. The van der Waals surface area contributed by atoms with Gasteiger partial charge in [0, 0.05) is 26.4 Å². The number of sulfonamides is 1. The van der Waals surface area contributed by atoms with Gasteiger partial charge in [0.15, 0.2) is 5.82 Å². The molecule has 0 radical (unpaired) electrons. The summed E-state index contributed by atoms with van der Waals surface area (Å²) in [5.74, 6) is -0.924. The molecule has 1 aromatic rings. The molecule has 0 amide bonds.